The molecular formula is C14H14BrNOS. The van der Waals surface area contributed by atoms with Crippen molar-refractivity contribution in [2.24, 2.45) is 5.73 Å². The third-order valence-corrected chi connectivity index (χ3v) is 5.02. The minimum Gasteiger partial charge on any atom is -0.493 e. The topological polar surface area (TPSA) is 35.2 Å². The van der Waals surface area contributed by atoms with Crippen LogP contribution in [0.2, 0.25) is 0 Å². The molecule has 0 bridgehead atoms. The van der Waals surface area contributed by atoms with E-state index in [-0.39, 0.29) is 12.0 Å². The summed E-state index contributed by atoms with van der Waals surface area (Å²) >= 11 is 5.26. The molecule has 1 aromatic carbocycles. The molecular weight excluding hydrogens is 310 g/mol. The smallest absolute Gasteiger partial charge is 0.122 e. The van der Waals surface area contributed by atoms with Crippen molar-refractivity contribution in [1.82, 2.24) is 0 Å². The average Bonchev–Trinajstić information content (AvgIpc) is 2.92. The second-order valence-electron chi connectivity index (χ2n) is 4.54. The Labute approximate surface area is 119 Å². The highest BCUT2D eigenvalue weighted by Gasteiger charge is 2.31. The summed E-state index contributed by atoms with van der Waals surface area (Å²) in [6.45, 7) is 2.79. The van der Waals surface area contributed by atoms with Gasteiger partial charge in [-0.15, -0.1) is 11.3 Å². The van der Waals surface area contributed by atoms with Gasteiger partial charge in [-0.2, -0.15) is 0 Å². The van der Waals surface area contributed by atoms with Gasteiger partial charge in [0, 0.05) is 22.4 Å². The van der Waals surface area contributed by atoms with E-state index in [9.17, 15) is 0 Å². The van der Waals surface area contributed by atoms with Crippen molar-refractivity contribution in [2.75, 3.05) is 6.61 Å². The molecule has 1 aromatic heterocycles. The first-order chi connectivity index (χ1) is 8.66. The Morgan fingerprint density at radius 3 is 2.94 bits per heavy atom. The fourth-order valence-electron chi connectivity index (χ4n) is 2.49. The van der Waals surface area contributed by atoms with Crippen LogP contribution in [-0.4, -0.2) is 6.61 Å². The predicted molar refractivity (Wildman–Crippen MR) is 78.4 cm³/mol. The summed E-state index contributed by atoms with van der Waals surface area (Å²) in [7, 11) is 0. The fourth-order valence-corrected chi connectivity index (χ4v) is 4.26. The maximum Gasteiger partial charge on any atom is 0.122 e. The minimum atomic E-state index is -0.00352. The lowest BCUT2D eigenvalue weighted by atomic mass is 9.89. The van der Waals surface area contributed by atoms with Gasteiger partial charge in [0.2, 0.25) is 0 Å². The lowest BCUT2D eigenvalue weighted by Crippen LogP contribution is -2.21. The van der Waals surface area contributed by atoms with Gasteiger partial charge in [-0.25, -0.2) is 0 Å². The third kappa shape index (κ3) is 1.98. The zero-order valence-electron chi connectivity index (χ0n) is 10.0. The molecule has 2 atom stereocenters. The molecule has 1 aliphatic heterocycles. The normalized spacial score (nSPS) is 19.4. The number of aryl methyl sites for hydroxylation is 1. The van der Waals surface area contributed by atoms with Crippen molar-refractivity contribution < 1.29 is 4.74 Å². The zero-order chi connectivity index (χ0) is 12.7. The molecule has 0 saturated heterocycles. The molecule has 0 spiro atoms. The number of hydrogen-bond donors (Lipinski definition) is 1. The number of fused-ring (bicyclic) bond motifs is 1. The van der Waals surface area contributed by atoms with Gasteiger partial charge in [0.25, 0.3) is 0 Å². The maximum atomic E-state index is 6.44. The van der Waals surface area contributed by atoms with Crippen LogP contribution in [0.5, 0.6) is 5.75 Å². The highest BCUT2D eigenvalue weighted by atomic mass is 79.9. The quantitative estimate of drug-likeness (QED) is 0.906. The van der Waals surface area contributed by atoms with E-state index >= 15 is 0 Å². The molecule has 94 valence electrons. The van der Waals surface area contributed by atoms with E-state index < -0.39 is 0 Å². The van der Waals surface area contributed by atoms with Gasteiger partial charge in [-0.05, 0) is 40.5 Å². The van der Waals surface area contributed by atoms with Gasteiger partial charge in [0.15, 0.2) is 0 Å². The van der Waals surface area contributed by atoms with Crippen molar-refractivity contribution in [1.29, 1.82) is 0 Å². The van der Waals surface area contributed by atoms with E-state index in [1.54, 1.807) is 11.3 Å². The Bertz CT molecular complexity index is 581. The lowest BCUT2D eigenvalue weighted by Gasteiger charge is -2.18. The number of hydrogen-bond acceptors (Lipinski definition) is 3. The van der Waals surface area contributed by atoms with Gasteiger partial charge in [0.1, 0.15) is 5.75 Å². The van der Waals surface area contributed by atoms with E-state index in [0.717, 1.165) is 9.54 Å². The van der Waals surface area contributed by atoms with Crippen molar-refractivity contribution in [3.8, 4) is 5.75 Å². The number of para-hydroxylation sites is 1. The summed E-state index contributed by atoms with van der Waals surface area (Å²) in [5.74, 6) is 1.23. The predicted octanol–water partition coefficient (Wildman–Crippen LogP) is 4.00. The summed E-state index contributed by atoms with van der Waals surface area (Å²) in [6, 6.07) is 10.3. The average molecular weight is 324 g/mol. The van der Waals surface area contributed by atoms with Crippen molar-refractivity contribution in [3.63, 3.8) is 0 Å². The van der Waals surface area contributed by atoms with E-state index in [1.165, 1.54) is 16.0 Å². The van der Waals surface area contributed by atoms with Crippen LogP contribution in [0.25, 0.3) is 0 Å². The van der Waals surface area contributed by atoms with Gasteiger partial charge in [-0.3, -0.25) is 0 Å². The molecule has 0 aliphatic carbocycles. The van der Waals surface area contributed by atoms with Gasteiger partial charge in [-0.1, -0.05) is 18.2 Å². The first kappa shape index (κ1) is 12.2. The SMILES string of the molecule is Cc1sc(Br)cc1C(N)C1COc2ccccc21. The number of halogens is 1. The largest absolute Gasteiger partial charge is 0.493 e. The molecule has 1 aliphatic rings. The van der Waals surface area contributed by atoms with Crippen molar-refractivity contribution in [2.45, 2.75) is 18.9 Å². The zero-order valence-corrected chi connectivity index (χ0v) is 12.4. The van der Waals surface area contributed by atoms with E-state index in [1.807, 2.05) is 18.2 Å². The first-order valence-electron chi connectivity index (χ1n) is 5.90. The van der Waals surface area contributed by atoms with Crippen LogP contribution in [0, 0.1) is 6.92 Å². The summed E-state index contributed by atoms with van der Waals surface area (Å²) in [5.41, 5.74) is 8.88. The van der Waals surface area contributed by atoms with Crippen LogP contribution >= 0.6 is 27.3 Å². The lowest BCUT2D eigenvalue weighted by molar-refractivity contribution is 0.315. The molecule has 4 heteroatoms. The summed E-state index contributed by atoms with van der Waals surface area (Å²) in [5, 5.41) is 0. The molecule has 0 saturated carbocycles. The Hall–Kier alpha value is -0.840. The molecule has 0 amide bonds. The standard InChI is InChI=1S/C14H14BrNOS/c1-8-10(6-13(15)18-8)14(16)11-7-17-12-5-3-2-4-9(11)12/h2-6,11,14H,7,16H2,1H3. The summed E-state index contributed by atoms with van der Waals surface area (Å²) in [6.07, 6.45) is 0. The molecule has 2 aromatic rings. The van der Waals surface area contributed by atoms with Crippen LogP contribution < -0.4 is 10.5 Å². The number of benzene rings is 1. The van der Waals surface area contributed by atoms with Gasteiger partial charge in [0.05, 0.1) is 10.4 Å². The van der Waals surface area contributed by atoms with E-state index in [2.05, 4.69) is 35.0 Å². The van der Waals surface area contributed by atoms with Crippen LogP contribution in [0.3, 0.4) is 0 Å². The number of rotatable bonds is 2. The monoisotopic (exact) mass is 323 g/mol. The minimum absolute atomic E-state index is 0.00352. The van der Waals surface area contributed by atoms with Crippen LogP contribution in [0.1, 0.15) is 28.0 Å². The van der Waals surface area contributed by atoms with Crippen LogP contribution in [-0.2, 0) is 0 Å². The summed E-state index contributed by atoms with van der Waals surface area (Å²) in [4.78, 5) is 1.28. The fraction of sp³-hybridized carbons (Fsp3) is 0.286. The molecule has 18 heavy (non-hydrogen) atoms. The Morgan fingerprint density at radius 1 is 1.44 bits per heavy atom. The van der Waals surface area contributed by atoms with Crippen LogP contribution in [0.4, 0.5) is 0 Å². The third-order valence-electron chi connectivity index (χ3n) is 3.46. The highest BCUT2D eigenvalue weighted by Crippen LogP contribution is 2.42. The van der Waals surface area contributed by atoms with Crippen molar-refractivity contribution in [3.05, 3.63) is 50.1 Å². The van der Waals surface area contributed by atoms with Gasteiger partial charge >= 0.3 is 0 Å². The Kier molecular flexibility index (Phi) is 3.18. The molecule has 2 unspecified atom stereocenters. The molecule has 2 heterocycles. The molecule has 0 radical (unpaired) electrons. The number of nitrogens with two attached hydrogens (primary N) is 1. The van der Waals surface area contributed by atoms with Crippen LogP contribution in [0.15, 0.2) is 34.1 Å². The second-order valence-corrected chi connectivity index (χ2v) is 7.18. The molecule has 2 N–H and O–H groups in total. The Morgan fingerprint density at radius 2 is 2.22 bits per heavy atom. The highest BCUT2D eigenvalue weighted by molar-refractivity contribution is 9.11. The number of thiophene rings is 1. The Balaban J connectivity index is 1.95. The first-order valence-corrected chi connectivity index (χ1v) is 7.51. The summed E-state index contributed by atoms with van der Waals surface area (Å²) < 4.78 is 6.85. The maximum absolute atomic E-state index is 6.44. The van der Waals surface area contributed by atoms with Gasteiger partial charge < -0.3 is 10.5 Å². The second kappa shape index (κ2) is 4.68. The van der Waals surface area contributed by atoms with Crippen molar-refractivity contribution >= 4 is 27.3 Å². The number of ether oxygens (including phenoxy) is 1. The molecule has 2 nitrogen and oxygen atoms in total. The molecule has 0 fully saturated rings. The van der Waals surface area contributed by atoms with E-state index in [4.69, 9.17) is 10.5 Å². The molecule has 3 rings (SSSR count). The van der Waals surface area contributed by atoms with E-state index in [0.29, 0.717) is 6.61 Å².